The summed E-state index contributed by atoms with van der Waals surface area (Å²) < 4.78 is 5.20. The Balaban J connectivity index is 2.08. The molecule has 1 unspecified atom stereocenters. The van der Waals surface area contributed by atoms with E-state index in [9.17, 15) is 19.7 Å². The minimum absolute atomic E-state index is 0.00271. The van der Waals surface area contributed by atoms with Crippen molar-refractivity contribution in [2.75, 3.05) is 6.54 Å². The van der Waals surface area contributed by atoms with Crippen LogP contribution in [0.3, 0.4) is 0 Å². The SMILES string of the molecule is CC(C)(C)OC(=O)N1CC(c2ccc([N+](=O)[O-])cc2)CC1=O. The van der Waals surface area contributed by atoms with Gasteiger partial charge in [-0.3, -0.25) is 14.9 Å². The monoisotopic (exact) mass is 306 g/mol. The van der Waals surface area contributed by atoms with Crippen LogP contribution in [0.1, 0.15) is 38.7 Å². The highest BCUT2D eigenvalue weighted by molar-refractivity contribution is 5.94. The number of rotatable bonds is 2. The zero-order chi connectivity index (χ0) is 16.5. The molecular weight excluding hydrogens is 288 g/mol. The van der Waals surface area contributed by atoms with Crippen molar-refractivity contribution in [2.45, 2.75) is 38.7 Å². The zero-order valence-electron chi connectivity index (χ0n) is 12.7. The summed E-state index contributed by atoms with van der Waals surface area (Å²) in [7, 11) is 0. The van der Waals surface area contributed by atoms with E-state index < -0.39 is 16.6 Å². The van der Waals surface area contributed by atoms with Crippen LogP contribution in [0.15, 0.2) is 24.3 Å². The average molecular weight is 306 g/mol. The highest BCUT2D eigenvalue weighted by atomic mass is 16.6. The van der Waals surface area contributed by atoms with Gasteiger partial charge in [-0.25, -0.2) is 9.69 Å². The number of carbonyl (C=O) groups is 2. The van der Waals surface area contributed by atoms with Gasteiger partial charge in [0, 0.05) is 31.0 Å². The molecule has 7 heteroatoms. The van der Waals surface area contributed by atoms with E-state index in [1.54, 1.807) is 32.9 Å². The first-order chi connectivity index (χ1) is 10.2. The molecule has 0 radical (unpaired) electrons. The summed E-state index contributed by atoms with van der Waals surface area (Å²) in [6, 6.07) is 6.04. The summed E-state index contributed by atoms with van der Waals surface area (Å²) in [4.78, 5) is 35.2. The lowest BCUT2D eigenvalue weighted by molar-refractivity contribution is -0.384. The van der Waals surface area contributed by atoms with E-state index in [0.717, 1.165) is 10.5 Å². The molecular formula is C15H18N2O5. The van der Waals surface area contributed by atoms with Crippen LogP contribution in [0.25, 0.3) is 0 Å². The Bertz CT molecular complexity index is 603. The van der Waals surface area contributed by atoms with Gasteiger partial charge in [-0.1, -0.05) is 12.1 Å². The maximum absolute atomic E-state index is 12.0. The van der Waals surface area contributed by atoms with Crippen molar-refractivity contribution in [1.29, 1.82) is 0 Å². The number of nitrogens with zero attached hydrogens (tertiary/aromatic N) is 2. The summed E-state index contributed by atoms with van der Waals surface area (Å²) >= 11 is 0. The molecule has 118 valence electrons. The van der Waals surface area contributed by atoms with Gasteiger partial charge in [-0.15, -0.1) is 0 Å². The molecule has 7 nitrogen and oxygen atoms in total. The predicted octanol–water partition coefficient (Wildman–Crippen LogP) is 2.85. The molecule has 0 N–H and O–H groups in total. The minimum atomic E-state index is -0.664. The highest BCUT2D eigenvalue weighted by Gasteiger charge is 2.37. The largest absolute Gasteiger partial charge is 0.443 e. The Labute approximate surface area is 128 Å². The summed E-state index contributed by atoms with van der Waals surface area (Å²) in [6.07, 6.45) is -0.459. The molecule has 0 aromatic heterocycles. The first kappa shape index (κ1) is 15.9. The lowest BCUT2D eigenvalue weighted by atomic mass is 9.98. The molecule has 0 bridgehead atoms. The number of carbonyl (C=O) groups excluding carboxylic acids is 2. The Kier molecular flexibility index (Phi) is 4.16. The van der Waals surface area contributed by atoms with Crippen LogP contribution in [-0.2, 0) is 9.53 Å². The molecule has 0 spiro atoms. The van der Waals surface area contributed by atoms with Gasteiger partial charge in [0.15, 0.2) is 0 Å². The molecule has 1 heterocycles. The molecule has 1 atom stereocenters. The molecule has 1 saturated heterocycles. The minimum Gasteiger partial charge on any atom is -0.443 e. The summed E-state index contributed by atoms with van der Waals surface area (Å²) in [5, 5.41) is 10.6. The van der Waals surface area contributed by atoms with E-state index in [1.165, 1.54) is 12.1 Å². The summed E-state index contributed by atoms with van der Waals surface area (Å²) in [6.45, 7) is 5.43. The Morgan fingerprint density at radius 1 is 1.32 bits per heavy atom. The van der Waals surface area contributed by atoms with Gasteiger partial charge < -0.3 is 4.74 Å². The lowest BCUT2D eigenvalue weighted by Gasteiger charge is -2.23. The van der Waals surface area contributed by atoms with Crippen LogP contribution in [0.2, 0.25) is 0 Å². The van der Waals surface area contributed by atoms with Crippen molar-refractivity contribution in [3.8, 4) is 0 Å². The number of benzene rings is 1. The maximum atomic E-state index is 12.0. The van der Waals surface area contributed by atoms with E-state index >= 15 is 0 Å². The molecule has 2 amide bonds. The normalized spacial score (nSPS) is 18.4. The zero-order valence-corrected chi connectivity index (χ0v) is 12.7. The number of imide groups is 1. The van der Waals surface area contributed by atoms with Crippen molar-refractivity contribution in [3.63, 3.8) is 0 Å². The fraction of sp³-hybridized carbons (Fsp3) is 0.467. The van der Waals surface area contributed by atoms with Crippen molar-refractivity contribution in [1.82, 2.24) is 4.90 Å². The molecule has 2 rings (SSSR count). The highest BCUT2D eigenvalue weighted by Crippen LogP contribution is 2.30. The molecule has 1 aliphatic heterocycles. The Morgan fingerprint density at radius 2 is 1.91 bits per heavy atom. The van der Waals surface area contributed by atoms with Crippen molar-refractivity contribution in [2.24, 2.45) is 0 Å². The fourth-order valence-corrected chi connectivity index (χ4v) is 2.29. The van der Waals surface area contributed by atoms with Gasteiger partial charge in [0.05, 0.1) is 4.92 Å². The van der Waals surface area contributed by atoms with Gasteiger partial charge in [0.2, 0.25) is 5.91 Å². The third-order valence-electron chi connectivity index (χ3n) is 3.31. The fourth-order valence-electron chi connectivity index (χ4n) is 2.29. The average Bonchev–Trinajstić information content (AvgIpc) is 2.79. The number of likely N-dealkylation sites (tertiary alicyclic amines) is 1. The number of nitro benzene ring substituents is 1. The van der Waals surface area contributed by atoms with Gasteiger partial charge in [0.1, 0.15) is 5.60 Å². The lowest BCUT2D eigenvalue weighted by Crippen LogP contribution is -2.37. The number of hydrogen-bond acceptors (Lipinski definition) is 5. The first-order valence-corrected chi connectivity index (χ1v) is 6.95. The molecule has 0 saturated carbocycles. The van der Waals surface area contributed by atoms with Gasteiger partial charge in [0.25, 0.3) is 5.69 Å². The maximum Gasteiger partial charge on any atom is 0.417 e. The molecule has 1 fully saturated rings. The third kappa shape index (κ3) is 3.60. The predicted molar refractivity (Wildman–Crippen MR) is 78.4 cm³/mol. The second kappa shape index (κ2) is 5.75. The van der Waals surface area contributed by atoms with E-state index in [1.807, 2.05) is 0 Å². The molecule has 0 aliphatic carbocycles. The number of non-ortho nitro benzene ring substituents is 1. The van der Waals surface area contributed by atoms with Crippen LogP contribution in [0.4, 0.5) is 10.5 Å². The number of nitro groups is 1. The standard InChI is InChI=1S/C15H18N2O5/c1-15(2,3)22-14(19)16-9-11(8-13(16)18)10-4-6-12(7-5-10)17(20)21/h4-7,11H,8-9H2,1-3H3. The van der Waals surface area contributed by atoms with Crippen LogP contribution < -0.4 is 0 Å². The quantitative estimate of drug-likeness (QED) is 0.619. The number of ether oxygens (including phenoxy) is 1. The third-order valence-corrected chi connectivity index (χ3v) is 3.31. The topological polar surface area (TPSA) is 89.8 Å². The summed E-state index contributed by atoms with van der Waals surface area (Å²) in [5.41, 5.74) is 0.130. The summed E-state index contributed by atoms with van der Waals surface area (Å²) in [5.74, 6) is -0.460. The second-order valence-electron chi connectivity index (χ2n) is 6.23. The van der Waals surface area contributed by atoms with Gasteiger partial charge in [-0.05, 0) is 26.3 Å². The van der Waals surface area contributed by atoms with Crippen LogP contribution in [-0.4, -0.2) is 34.0 Å². The van der Waals surface area contributed by atoms with Crippen molar-refractivity contribution in [3.05, 3.63) is 39.9 Å². The second-order valence-corrected chi connectivity index (χ2v) is 6.23. The van der Waals surface area contributed by atoms with Crippen molar-refractivity contribution >= 4 is 17.7 Å². The van der Waals surface area contributed by atoms with Crippen LogP contribution >= 0.6 is 0 Å². The first-order valence-electron chi connectivity index (χ1n) is 6.95. The van der Waals surface area contributed by atoms with E-state index in [0.29, 0.717) is 0 Å². The molecule has 1 aromatic carbocycles. The van der Waals surface area contributed by atoms with E-state index in [4.69, 9.17) is 4.74 Å². The number of amides is 2. The van der Waals surface area contributed by atoms with Crippen LogP contribution in [0.5, 0.6) is 0 Å². The molecule has 1 aliphatic rings. The molecule has 22 heavy (non-hydrogen) atoms. The van der Waals surface area contributed by atoms with E-state index in [-0.39, 0.29) is 30.5 Å². The number of hydrogen-bond donors (Lipinski definition) is 0. The molecule has 1 aromatic rings. The van der Waals surface area contributed by atoms with Gasteiger partial charge in [-0.2, -0.15) is 0 Å². The van der Waals surface area contributed by atoms with Crippen molar-refractivity contribution < 1.29 is 19.2 Å². The Morgan fingerprint density at radius 3 is 2.41 bits per heavy atom. The smallest absolute Gasteiger partial charge is 0.417 e. The Hall–Kier alpha value is -2.44. The van der Waals surface area contributed by atoms with Crippen LogP contribution in [0, 0.1) is 10.1 Å². The van der Waals surface area contributed by atoms with Gasteiger partial charge >= 0.3 is 6.09 Å². The van der Waals surface area contributed by atoms with E-state index in [2.05, 4.69) is 0 Å².